The molecule has 0 radical (unpaired) electrons. The van der Waals surface area contributed by atoms with Crippen molar-refractivity contribution >= 4 is 23.5 Å². The standard InChI is InChI=1S/C26H34O8.Na/c1-14-10-16-17-7-9-26(33,20(29)13-34-22(32)5-4-21(30)31)25(17,3)12-19(28)23(16)24(2)8-6-15(27)11-18(14)24;/h6,8,11,14,16-17,19,23,28,33H,4-5,7,9-10,12-13H2,1-3H3,(H,30,31);/q;+1/p-1/t14-,16?,17?,19-,23?,24-,25-,26-;/m1./s1. The summed E-state index contributed by atoms with van der Waals surface area (Å²) in [6, 6.07) is 0. The minimum absolute atomic E-state index is 0. The molecule has 4 rings (SSSR count). The first-order valence-corrected chi connectivity index (χ1v) is 12.1. The van der Waals surface area contributed by atoms with Crippen molar-refractivity contribution in [1.29, 1.82) is 0 Å². The number of carbonyl (C=O) groups is 4. The van der Waals surface area contributed by atoms with Crippen LogP contribution in [-0.4, -0.2) is 52.0 Å². The zero-order valence-electron chi connectivity index (χ0n) is 20.9. The van der Waals surface area contributed by atoms with E-state index in [1.807, 2.05) is 13.0 Å². The minimum Gasteiger partial charge on any atom is -0.550 e. The van der Waals surface area contributed by atoms with Crippen LogP contribution in [0.5, 0.6) is 0 Å². The van der Waals surface area contributed by atoms with Crippen LogP contribution in [0.3, 0.4) is 0 Å². The van der Waals surface area contributed by atoms with Crippen molar-refractivity contribution in [3.05, 3.63) is 23.8 Å². The number of carboxylic acids is 1. The Morgan fingerprint density at radius 2 is 1.91 bits per heavy atom. The third-order valence-corrected chi connectivity index (χ3v) is 9.33. The van der Waals surface area contributed by atoms with Gasteiger partial charge in [-0.15, -0.1) is 0 Å². The molecule has 0 saturated heterocycles. The number of ketones is 2. The SMILES string of the molecule is C[C@@H]1CC2C([C@H](O)C[C@]3(C)C2CC[C@@]3(O)C(=O)COC(=O)CCC(=O)[O-])[C@]2(C)C=CC(=O)C=C12.[Na+]. The van der Waals surface area contributed by atoms with Gasteiger partial charge >= 0.3 is 35.5 Å². The Morgan fingerprint density at radius 3 is 2.57 bits per heavy atom. The fourth-order valence-corrected chi connectivity index (χ4v) is 7.75. The van der Waals surface area contributed by atoms with Crippen molar-refractivity contribution in [2.45, 2.75) is 71.0 Å². The summed E-state index contributed by atoms with van der Waals surface area (Å²) in [6.45, 7) is 5.36. The van der Waals surface area contributed by atoms with Gasteiger partial charge in [0.25, 0.3) is 0 Å². The van der Waals surface area contributed by atoms with Crippen LogP contribution < -0.4 is 34.7 Å². The molecule has 186 valence electrons. The van der Waals surface area contributed by atoms with Gasteiger partial charge in [0.2, 0.25) is 5.78 Å². The van der Waals surface area contributed by atoms with E-state index in [0.29, 0.717) is 6.42 Å². The van der Waals surface area contributed by atoms with E-state index in [4.69, 9.17) is 4.74 Å². The Balaban J connectivity index is 0.00000342. The largest absolute Gasteiger partial charge is 1.00 e. The second-order valence-electron chi connectivity index (χ2n) is 11.1. The van der Waals surface area contributed by atoms with Gasteiger partial charge in [-0.1, -0.05) is 32.4 Å². The van der Waals surface area contributed by atoms with Gasteiger partial charge < -0.3 is 24.9 Å². The summed E-state index contributed by atoms with van der Waals surface area (Å²) in [5.74, 6) is -2.85. The van der Waals surface area contributed by atoms with E-state index >= 15 is 0 Å². The predicted octanol–water partition coefficient (Wildman–Crippen LogP) is -2.11. The number of fused-ring (bicyclic) bond motifs is 5. The predicted molar refractivity (Wildman–Crippen MR) is 118 cm³/mol. The topological polar surface area (TPSA) is 141 Å². The number of carboxylic acid groups (broad SMARTS) is 1. The quantitative estimate of drug-likeness (QED) is 0.314. The Hall–Kier alpha value is -1.32. The van der Waals surface area contributed by atoms with Gasteiger partial charge in [0.05, 0.1) is 12.5 Å². The summed E-state index contributed by atoms with van der Waals surface area (Å²) in [5.41, 5.74) is -2.07. The molecule has 8 atom stereocenters. The Labute approximate surface area is 227 Å². The molecule has 3 fully saturated rings. The molecule has 0 aliphatic heterocycles. The first-order chi connectivity index (χ1) is 15.8. The van der Waals surface area contributed by atoms with Crippen molar-refractivity contribution in [1.82, 2.24) is 0 Å². The van der Waals surface area contributed by atoms with Gasteiger partial charge in [-0.25, -0.2) is 0 Å². The maximum atomic E-state index is 13.1. The van der Waals surface area contributed by atoms with E-state index in [9.17, 15) is 34.5 Å². The Morgan fingerprint density at radius 1 is 1.23 bits per heavy atom. The van der Waals surface area contributed by atoms with E-state index in [1.165, 1.54) is 0 Å². The zero-order valence-corrected chi connectivity index (χ0v) is 22.9. The van der Waals surface area contributed by atoms with Gasteiger partial charge in [-0.2, -0.15) is 0 Å². The number of rotatable bonds is 6. The number of allylic oxidation sites excluding steroid dienone is 4. The van der Waals surface area contributed by atoms with Crippen molar-refractivity contribution in [3.63, 3.8) is 0 Å². The zero-order chi connectivity index (χ0) is 25.1. The first-order valence-electron chi connectivity index (χ1n) is 12.1. The van der Waals surface area contributed by atoms with Crippen molar-refractivity contribution < 1.29 is 68.8 Å². The van der Waals surface area contributed by atoms with Gasteiger partial charge in [0.1, 0.15) is 5.60 Å². The summed E-state index contributed by atoms with van der Waals surface area (Å²) in [4.78, 5) is 47.5. The van der Waals surface area contributed by atoms with Crippen molar-refractivity contribution in [2.75, 3.05) is 6.61 Å². The van der Waals surface area contributed by atoms with Crippen LogP contribution in [0.25, 0.3) is 0 Å². The summed E-state index contributed by atoms with van der Waals surface area (Å²) in [6.07, 6.45) is 5.30. The maximum absolute atomic E-state index is 13.1. The van der Waals surface area contributed by atoms with Gasteiger partial charge in [-0.3, -0.25) is 14.4 Å². The van der Waals surface area contributed by atoms with Crippen LogP contribution in [0.1, 0.15) is 59.3 Å². The average molecular weight is 497 g/mol. The molecule has 4 aliphatic carbocycles. The van der Waals surface area contributed by atoms with E-state index in [0.717, 1.165) is 12.0 Å². The number of aliphatic hydroxyl groups excluding tert-OH is 1. The molecule has 0 amide bonds. The van der Waals surface area contributed by atoms with Crippen LogP contribution >= 0.6 is 0 Å². The molecule has 3 saturated carbocycles. The molecular formula is C26H33NaO8. The van der Waals surface area contributed by atoms with Crippen LogP contribution in [0.4, 0.5) is 0 Å². The molecule has 8 nitrogen and oxygen atoms in total. The maximum Gasteiger partial charge on any atom is 1.00 e. The molecule has 0 aromatic rings. The first kappa shape index (κ1) is 28.3. The smallest absolute Gasteiger partial charge is 0.550 e. The Bertz CT molecular complexity index is 988. The Kier molecular flexibility index (Phi) is 7.96. The van der Waals surface area contributed by atoms with Crippen LogP contribution in [0, 0.1) is 34.5 Å². The van der Waals surface area contributed by atoms with Crippen molar-refractivity contribution in [3.8, 4) is 0 Å². The second kappa shape index (κ2) is 9.86. The van der Waals surface area contributed by atoms with Gasteiger partial charge in [0.15, 0.2) is 12.4 Å². The third kappa shape index (κ3) is 4.50. The number of ether oxygens (including phenoxy) is 1. The number of aliphatic carboxylic acids is 1. The molecule has 0 bridgehead atoms. The number of carbonyl (C=O) groups excluding carboxylic acids is 4. The molecule has 0 aromatic heterocycles. The molecular weight excluding hydrogens is 463 g/mol. The number of hydrogen-bond donors (Lipinski definition) is 2. The average Bonchev–Trinajstić information content (AvgIpc) is 3.03. The minimum atomic E-state index is -1.75. The molecule has 0 aromatic carbocycles. The number of Topliss-reactive ketones (excluding diaryl/α,β-unsaturated/α-hetero) is 1. The van der Waals surface area contributed by atoms with Crippen LogP contribution in [0.2, 0.25) is 0 Å². The second-order valence-corrected chi connectivity index (χ2v) is 11.1. The normalized spacial score (nSPS) is 41.6. The fraction of sp³-hybridized carbons (Fsp3) is 0.692. The summed E-state index contributed by atoms with van der Waals surface area (Å²) in [7, 11) is 0. The molecule has 3 unspecified atom stereocenters. The molecule has 9 heteroatoms. The molecule has 35 heavy (non-hydrogen) atoms. The van der Waals surface area contributed by atoms with Crippen LogP contribution in [-0.2, 0) is 23.9 Å². The molecule has 2 N–H and O–H groups in total. The summed E-state index contributed by atoms with van der Waals surface area (Å²) in [5, 5.41) is 33.6. The number of esters is 1. The van der Waals surface area contributed by atoms with E-state index in [1.54, 1.807) is 12.2 Å². The van der Waals surface area contributed by atoms with E-state index in [-0.39, 0.29) is 71.9 Å². The third-order valence-electron chi connectivity index (χ3n) is 9.33. The molecule has 4 aliphatic rings. The summed E-state index contributed by atoms with van der Waals surface area (Å²) >= 11 is 0. The summed E-state index contributed by atoms with van der Waals surface area (Å²) < 4.78 is 4.95. The van der Waals surface area contributed by atoms with Gasteiger partial charge in [0, 0.05) is 22.7 Å². The van der Waals surface area contributed by atoms with E-state index in [2.05, 4.69) is 13.8 Å². The number of aliphatic hydroxyl groups is 2. The molecule has 0 heterocycles. The van der Waals surface area contributed by atoms with E-state index < -0.39 is 59.7 Å². The van der Waals surface area contributed by atoms with Crippen LogP contribution in [0.15, 0.2) is 23.8 Å². The fourth-order valence-electron chi connectivity index (χ4n) is 7.75. The van der Waals surface area contributed by atoms with Crippen molar-refractivity contribution in [2.24, 2.45) is 34.5 Å². The number of hydrogen-bond acceptors (Lipinski definition) is 8. The monoisotopic (exact) mass is 496 g/mol. The van der Waals surface area contributed by atoms with Gasteiger partial charge in [-0.05, 0) is 62.0 Å². The molecule has 0 spiro atoms.